The van der Waals surface area contributed by atoms with Crippen LogP contribution in [-0.2, 0) is 55.6 Å². The average molecular weight is 845 g/mol. The Morgan fingerprint density at radius 2 is 1.20 bits per heavy atom. The summed E-state index contributed by atoms with van der Waals surface area (Å²) in [5, 5.41) is 8.88. The van der Waals surface area contributed by atoms with Gasteiger partial charge in [-0.05, 0) is 73.6 Å². The van der Waals surface area contributed by atoms with Crippen LogP contribution < -0.4 is 0 Å². The first-order valence-electron chi connectivity index (χ1n) is 20.8. The van der Waals surface area contributed by atoms with Crippen LogP contribution >= 0.6 is 0 Å². The Balaban J connectivity index is 0.000000327. The van der Waals surface area contributed by atoms with E-state index in [2.05, 4.69) is 44.7 Å². The van der Waals surface area contributed by atoms with E-state index in [0.717, 1.165) is 41.2 Å². The van der Waals surface area contributed by atoms with E-state index in [0.29, 0.717) is 49.7 Å². The van der Waals surface area contributed by atoms with Gasteiger partial charge in [0, 0.05) is 52.1 Å². The number of hydrogen-bond donors (Lipinski definition) is 1. The lowest BCUT2D eigenvalue weighted by Crippen LogP contribution is -2.31. The number of carboxylic acids is 1. The van der Waals surface area contributed by atoms with E-state index in [9.17, 15) is 19.2 Å². The molecule has 61 heavy (non-hydrogen) atoms. The number of carbonyl (C=O) groups is 4. The maximum Gasteiger partial charge on any atom is 0.338 e. The molecule has 0 aliphatic carbocycles. The van der Waals surface area contributed by atoms with Gasteiger partial charge in [-0.15, -0.1) is 0 Å². The Morgan fingerprint density at radius 3 is 1.62 bits per heavy atom. The molecule has 0 spiro atoms. The summed E-state index contributed by atoms with van der Waals surface area (Å²) < 4.78 is 38.7. The van der Waals surface area contributed by atoms with Crippen molar-refractivity contribution in [1.82, 2.24) is 0 Å². The fraction of sp³-hybridized carbons (Fsp3) is 0.469. The highest BCUT2D eigenvalue weighted by atomic mass is 16.7. The van der Waals surface area contributed by atoms with Gasteiger partial charge in [-0.1, -0.05) is 99.4 Å². The molecular formula is C49H64O12. The van der Waals surface area contributed by atoms with Crippen molar-refractivity contribution in [1.29, 1.82) is 0 Å². The van der Waals surface area contributed by atoms with Crippen LogP contribution in [0.2, 0.25) is 0 Å². The number of esters is 3. The molecule has 2 heterocycles. The van der Waals surface area contributed by atoms with Gasteiger partial charge in [0.25, 0.3) is 0 Å². The summed E-state index contributed by atoms with van der Waals surface area (Å²) in [4.78, 5) is 48.8. The molecule has 0 aromatic heterocycles. The quantitative estimate of drug-likeness (QED) is 0.0636. The van der Waals surface area contributed by atoms with Gasteiger partial charge in [-0.2, -0.15) is 0 Å². The SMILES string of the molecule is C=CCOC(=O)/C=C/C[C@H]1C[C@@H](OCOC)[C@@H](C)C/C=C/Cc2cccc(C)c2C(=O)O1.COCO[C@@H]1C[C@H](C/C=C/C(=O)O)OC(=O)c2c(C)cccc2C/C=C/C[C@@H]1C. The van der Waals surface area contributed by atoms with Crippen LogP contribution in [0.25, 0.3) is 0 Å². The number of carboxylic acid groups (broad SMARTS) is 1. The molecule has 2 aromatic carbocycles. The smallest absolute Gasteiger partial charge is 0.338 e. The molecule has 2 aliphatic heterocycles. The van der Waals surface area contributed by atoms with Crippen LogP contribution in [0.4, 0.5) is 0 Å². The highest BCUT2D eigenvalue weighted by molar-refractivity contribution is 5.93. The van der Waals surface area contributed by atoms with Crippen LogP contribution in [0.3, 0.4) is 0 Å². The Morgan fingerprint density at radius 1 is 0.738 bits per heavy atom. The van der Waals surface area contributed by atoms with Crippen LogP contribution in [0.1, 0.15) is 95.3 Å². The monoisotopic (exact) mass is 844 g/mol. The third-order valence-corrected chi connectivity index (χ3v) is 10.4. The number of fused-ring (bicyclic) bond motifs is 2. The first-order valence-corrected chi connectivity index (χ1v) is 20.8. The number of carbonyl (C=O) groups excluding carboxylic acids is 3. The van der Waals surface area contributed by atoms with E-state index >= 15 is 0 Å². The molecule has 0 saturated carbocycles. The van der Waals surface area contributed by atoms with Gasteiger partial charge in [0.15, 0.2) is 0 Å². The number of allylic oxidation sites excluding steroid dienone is 4. The molecule has 0 unspecified atom stereocenters. The van der Waals surface area contributed by atoms with Crippen LogP contribution in [0.5, 0.6) is 0 Å². The van der Waals surface area contributed by atoms with E-state index in [1.165, 1.54) is 18.2 Å². The van der Waals surface area contributed by atoms with Crippen LogP contribution in [0, 0.1) is 25.7 Å². The van der Waals surface area contributed by atoms with Gasteiger partial charge in [-0.25, -0.2) is 19.2 Å². The fourth-order valence-corrected chi connectivity index (χ4v) is 7.12. The van der Waals surface area contributed by atoms with Gasteiger partial charge in [0.05, 0.1) is 23.3 Å². The van der Waals surface area contributed by atoms with Gasteiger partial charge in [0.2, 0.25) is 0 Å². The zero-order valence-corrected chi connectivity index (χ0v) is 36.5. The molecule has 6 atom stereocenters. The van der Waals surface area contributed by atoms with Crippen molar-refractivity contribution in [2.75, 3.05) is 34.4 Å². The first-order chi connectivity index (χ1) is 29.4. The Bertz CT molecular complexity index is 1840. The lowest BCUT2D eigenvalue weighted by molar-refractivity contribution is -0.136. The number of ether oxygens (including phenoxy) is 7. The highest BCUT2D eigenvalue weighted by Crippen LogP contribution is 2.27. The normalized spacial score (nSPS) is 23.5. The molecule has 0 bridgehead atoms. The van der Waals surface area contributed by atoms with Crippen molar-refractivity contribution < 1.29 is 57.4 Å². The zero-order chi connectivity index (χ0) is 44.6. The number of benzene rings is 2. The number of aryl methyl sites for hydroxylation is 2. The molecule has 2 aliphatic rings. The highest BCUT2D eigenvalue weighted by Gasteiger charge is 2.28. The molecule has 332 valence electrons. The summed E-state index contributed by atoms with van der Waals surface area (Å²) in [5.74, 6) is -1.87. The second-order valence-corrected chi connectivity index (χ2v) is 15.3. The topological polar surface area (TPSA) is 153 Å². The summed E-state index contributed by atoms with van der Waals surface area (Å²) >= 11 is 0. The minimum absolute atomic E-state index is 0.145. The lowest BCUT2D eigenvalue weighted by Gasteiger charge is -2.28. The molecule has 2 aromatic rings. The van der Waals surface area contributed by atoms with E-state index in [-0.39, 0.29) is 56.2 Å². The Hall–Kier alpha value is -5.14. The van der Waals surface area contributed by atoms with Gasteiger partial charge >= 0.3 is 23.9 Å². The van der Waals surface area contributed by atoms with Crippen molar-refractivity contribution >= 4 is 23.9 Å². The second kappa shape index (κ2) is 27.7. The summed E-state index contributed by atoms with van der Waals surface area (Å²) in [6.45, 7) is 12.0. The number of aliphatic carboxylic acids is 1. The predicted octanol–water partition coefficient (Wildman–Crippen LogP) is 8.78. The number of cyclic esters (lactones) is 2. The van der Waals surface area contributed by atoms with E-state index in [4.69, 9.17) is 38.3 Å². The summed E-state index contributed by atoms with van der Waals surface area (Å²) in [5.41, 5.74) is 4.77. The van der Waals surface area contributed by atoms with Crippen molar-refractivity contribution in [2.24, 2.45) is 11.8 Å². The second-order valence-electron chi connectivity index (χ2n) is 15.3. The maximum absolute atomic E-state index is 13.2. The third kappa shape index (κ3) is 17.8. The largest absolute Gasteiger partial charge is 0.478 e. The van der Waals surface area contributed by atoms with Gasteiger partial charge in [-0.3, -0.25) is 0 Å². The molecule has 4 rings (SSSR count). The number of methoxy groups -OCH3 is 2. The maximum atomic E-state index is 13.2. The average Bonchev–Trinajstić information content (AvgIpc) is 3.22. The van der Waals surface area contributed by atoms with E-state index in [1.807, 2.05) is 50.2 Å². The lowest BCUT2D eigenvalue weighted by atomic mass is 9.93. The number of hydrogen-bond acceptors (Lipinski definition) is 11. The zero-order valence-electron chi connectivity index (χ0n) is 36.5. The molecule has 0 amide bonds. The number of rotatable bonds is 14. The molecule has 0 fully saturated rings. The van der Waals surface area contributed by atoms with Crippen LogP contribution in [-0.4, -0.2) is 87.8 Å². The van der Waals surface area contributed by atoms with Crippen molar-refractivity contribution in [3.05, 3.63) is 131 Å². The molecule has 0 saturated heterocycles. The Labute approximate surface area is 361 Å². The minimum Gasteiger partial charge on any atom is -0.478 e. The molecule has 12 heteroatoms. The van der Waals surface area contributed by atoms with Crippen molar-refractivity contribution in [2.45, 2.75) is 103 Å². The Kier molecular flexibility index (Phi) is 22.8. The van der Waals surface area contributed by atoms with E-state index < -0.39 is 24.1 Å². The summed E-state index contributed by atoms with van der Waals surface area (Å²) in [6, 6.07) is 11.6. The summed E-state index contributed by atoms with van der Waals surface area (Å²) in [6.07, 6.45) is 18.8. The third-order valence-electron chi connectivity index (χ3n) is 10.4. The van der Waals surface area contributed by atoms with Crippen molar-refractivity contribution in [3.8, 4) is 0 Å². The molecule has 12 nitrogen and oxygen atoms in total. The van der Waals surface area contributed by atoms with Crippen LogP contribution in [0.15, 0.2) is 97.7 Å². The van der Waals surface area contributed by atoms with Crippen molar-refractivity contribution in [3.63, 3.8) is 0 Å². The first kappa shape index (κ1) is 50.2. The molecular weight excluding hydrogens is 781 g/mol. The summed E-state index contributed by atoms with van der Waals surface area (Å²) in [7, 11) is 3.14. The standard InChI is InChI=1S/C26H34O6.C23H30O6/c1-5-16-30-24(27)15-9-14-22-17-23(31-18-29-4)19(2)10-6-7-12-21-13-8-11-20(3)25(21)26(28)32-22;1-16-8-4-5-10-18-11-6-9-17(2)22(18)23(26)29-19(12-7-13-21(24)25)14-20(16)28-15-27-3/h5-9,11,13,15,19,22-23H,1,10,12,14,16-18H2,2-4H3;4-7,9,11,13,16,19-20H,8,10,12,14-15H2,1-3H3,(H,24,25)/b7-6+,15-9+;5-4+,13-7+/t19-,22-,23+;16-,19-,20+/m00/s1. The molecule has 0 radical (unpaired) electrons. The minimum atomic E-state index is -1.03. The fourth-order valence-electron chi connectivity index (χ4n) is 7.12. The van der Waals surface area contributed by atoms with Gasteiger partial charge < -0.3 is 38.3 Å². The predicted molar refractivity (Wildman–Crippen MR) is 233 cm³/mol. The van der Waals surface area contributed by atoms with E-state index in [1.54, 1.807) is 20.3 Å². The molecule has 1 N–H and O–H groups in total. The van der Waals surface area contributed by atoms with Gasteiger partial charge in [0.1, 0.15) is 32.4 Å².